The Morgan fingerprint density at radius 1 is 0.833 bits per heavy atom. The molecule has 0 N–H and O–H groups in total. The fourth-order valence-electron chi connectivity index (χ4n) is 3.33. The highest BCUT2D eigenvalue weighted by Gasteiger charge is 2.24. The molecule has 0 aromatic heterocycles. The van der Waals surface area contributed by atoms with Gasteiger partial charge in [0.05, 0.1) is 20.1 Å². The molecule has 160 valence electrons. The van der Waals surface area contributed by atoms with E-state index in [0.29, 0.717) is 50.7 Å². The van der Waals surface area contributed by atoms with Crippen LogP contribution in [0.1, 0.15) is 12.5 Å². The summed E-state index contributed by atoms with van der Waals surface area (Å²) in [5.74, 6) is 1.90. The summed E-state index contributed by atoms with van der Waals surface area (Å²) in [7, 11) is 1.56. The number of amides is 2. The van der Waals surface area contributed by atoms with Crippen molar-refractivity contribution in [1.82, 2.24) is 9.80 Å². The van der Waals surface area contributed by atoms with E-state index < -0.39 is 0 Å². The van der Waals surface area contributed by atoms with Crippen LogP contribution in [0.3, 0.4) is 0 Å². The van der Waals surface area contributed by atoms with E-state index in [4.69, 9.17) is 14.2 Å². The number of ether oxygens (including phenoxy) is 3. The quantitative estimate of drug-likeness (QED) is 0.666. The Balaban J connectivity index is 1.44. The molecule has 0 spiro atoms. The van der Waals surface area contributed by atoms with Gasteiger partial charge in [0.25, 0.3) is 5.91 Å². The number of benzene rings is 2. The molecule has 0 atom stereocenters. The fraction of sp³-hybridized carbons (Fsp3) is 0.391. The third-order valence-corrected chi connectivity index (χ3v) is 5.00. The summed E-state index contributed by atoms with van der Waals surface area (Å²) >= 11 is 0. The van der Waals surface area contributed by atoms with Crippen LogP contribution < -0.4 is 14.2 Å². The van der Waals surface area contributed by atoms with Gasteiger partial charge in [-0.1, -0.05) is 24.3 Å². The molecule has 1 aliphatic rings. The molecular weight excluding hydrogens is 384 g/mol. The summed E-state index contributed by atoms with van der Waals surface area (Å²) in [5.41, 5.74) is 0.951. The zero-order valence-electron chi connectivity index (χ0n) is 17.5. The second kappa shape index (κ2) is 10.5. The first-order valence-corrected chi connectivity index (χ1v) is 10.1. The van der Waals surface area contributed by atoms with E-state index in [1.807, 2.05) is 43.3 Å². The molecule has 0 radical (unpaired) electrons. The average molecular weight is 412 g/mol. The second-order valence-electron chi connectivity index (χ2n) is 6.95. The lowest BCUT2D eigenvalue weighted by atomic mass is 10.1. The van der Waals surface area contributed by atoms with Gasteiger partial charge in [0.1, 0.15) is 5.75 Å². The fourth-order valence-corrected chi connectivity index (χ4v) is 3.33. The van der Waals surface area contributed by atoms with Crippen molar-refractivity contribution in [2.45, 2.75) is 13.3 Å². The van der Waals surface area contributed by atoms with Crippen LogP contribution in [0.4, 0.5) is 0 Å². The Bertz CT molecular complexity index is 845. The van der Waals surface area contributed by atoms with Crippen molar-refractivity contribution in [1.29, 1.82) is 0 Å². The number of methoxy groups -OCH3 is 1. The van der Waals surface area contributed by atoms with E-state index in [2.05, 4.69) is 0 Å². The van der Waals surface area contributed by atoms with Gasteiger partial charge in [-0.25, -0.2) is 0 Å². The molecule has 1 saturated heterocycles. The number of hydrogen-bond donors (Lipinski definition) is 0. The zero-order valence-corrected chi connectivity index (χ0v) is 17.5. The van der Waals surface area contributed by atoms with Crippen LogP contribution in [-0.2, 0) is 16.0 Å². The predicted octanol–water partition coefficient (Wildman–Crippen LogP) is 2.39. The maximum Gasteiger partial charge on any atom is 0.260 e. The van der Waals surface area contributed by atoms with Crippen LogP contribution in [0.2, 0.25) is 0 Å². The summed E-state index contributed by atoms with van der Waals surface area (Å²) in [6.07, 6.45) is 0.345. The first kappa shape index (κ1) is 21.5. The number of hydrogen-bond acceptors (Lipinski definition) is 5. The molecule has 0 aliphatic carbocycles. The summed E-state index contributed by atoms with van der Waals surface area (Å²) in [6, 6.07) is 14.8. The molecule has 7 heteroatoms. The molecular formula is C23H28N2O5. The van der Waals surface area contributed by atoms with Crippen molar-refractivity contribution in [3.05, 3.63) is 54.1 Å². The Hall–Kier alpha value is -3.22. The van der Waals surface area contributed by atoms with E-state index in [9.17, 15) is 9.59 Å². The van der Waals surface area contributed by atoms with E-state index in [1.54, 1.807) is 29.0 Å². The lowest BCUT2D eigenvalue weighted by molar-refractivity contribution is -0.140. The molecule has 0 unspecified atom stereocenters. The highest BCUT2D eigenvalue weighted by Crippen LogP contribution is 2.25. The maximum absolute atomic E-state index is 12.6. The van der Waals surface area contributed by atoms with Crippen molar-refractivity contribution in [2.24, 2.45) is 0 Å². The van der Waals surface area contributed by atoms with E-state index in [0.717, 1.165) is 11.3 Å². The van der Waals surface area contributed by atoms with Crippen molar-refractivity contribution in [3.8, 4) is 17.2 Å². The topological polar surface area (TPSA) is 68.3 Å². The highest BCUT2D eigenvalue weighted by atomic mass is 16.5. The molecule has 7 nitrogen and oxygen atoms in total. The van der Waals surface area contributed by atoms with Gasteiger partial charge in [-0.05, 0) is 36.8 Å². The van der Waals surface area contributed by atoms with Crippen molar-refractivity contribution in [3.63, 3.8) is 0 Å². The number of nitrogens with zero attached hydrogens (tertiary/aromatic N) is 2. The van der Waals surface area contributed by atoms with Gasteiger partial charge in [0.2, 0.25) is 5.91 Å². The van der Waals surface area contributed by atoms with Gasteiger partial charge in [-0.2, -0.15) is 0 Å². The standard InChI is InChI=1S/C23H28N2O5/c1-3-29-19-10-8-18(9-11-19)16-22(26)24-12-14-25(15-13-24)23(27)17-30-21-7-5-4-6-20(21)28-2/h4-11H,3,12-17H2,1-2H3. The predicted molar refractivity (Wildman–Crippen MR) is 113 cm³/mol. The van der Waals surface area contributed by atoms with Crippen molar-refractivity contribution < 1.29 is 23.8 Å². The molecule has 2 aromatic rings. The van der Waals surface area contributed by atoms with Crippen molar-refractivity contribution in [2.75, 3.05) is 46.5 Å². The average Bonchev–Trinajstić information content (AvgIpc) is 2.79. The van der Waals surface area contributed by atoms with E-state index in [1.165, 1.54) is 0 Å². The number of piperazine rings is 1. The smallest absolute Gasteiger partial charge is 0.260 e. The largest absolute Gasteiger partial charge is 0.494 e. The lowest BCUT2D eigenvalue weighted by Gasteiger charge is -2.34. The monoisotopic (exact) mass is 412 g/mol. The van der Waals surface area contributed by atoms with Crippen LogP contribution in [0, 0.1) is 0 Å². The number of rotatable bonds is 8. The zero-order chi connectivity index (χ0) is 21.3. The Labute approximate surface area is 177 Å². The van der Waals surface area contributed by atoms with Gasteiger partial charge < -0.3 is 24.0 Å². The first-order valence-electron chi connectivity index (χ1n) is 10.1. The van der Waals surface area contributed by atoms with Crippen molar-refractivity contribution >= 4 is 11.8 Å². The number of carbonyl (C=O) groups excluding carboxylic acids is 2. The van der Waals surface area contributed by atoms with E-state index in [-0.39, 0.29) is 18.4 Å². The minimum Gasteiger partial charge on any atom is -0.494 e. The molecule has 0 saturated carbocycles. The Kier molecular flexibility index (Phi) is 7.54. The van der Waals surface area contributed by atoms with Crippen LogP contribution in [0.15, 0.2) is 48.5 Å². The molecule has 3 rings (SSSR count). The maximum atomic E-state index is 12.6. The van der Waals surface area contributed by atoms with Gasteiger partial charge >= 0.3 is 0 Å². The summed E-state index contributed by atoms with van der Waals surface area (Å²) < 4.78 is 16.3. The Morgan fingerprint density at radius 2 is 1.43 bits per heavy atom. The number of para-hydroxylation sites is 2. The SMILES string of the molecule is CCOc1ccc(CC(=O)N2CCN(C(=O)COc3ccccc3OC)CC2)cc1. The van der Waals surface area contributed by atoms with Gasteiger partial charge in [0.15, 0.2) is 18.1 Å². The molecule has 2 aromatic carbocycles. The minimum atomic E-state index is -0.0977. The van der Waals surface area contributed by atoms with Crippen LogP contribution in [0.25, 0.3) is 0 Å². The highest BCUT2D eigenvalue weighted by molar-refractivity contribution is 5.80. The normalized spacial score (nSPS) is 13.7. The Morgan fingerprint density at radius 3 is 2.03 bits per heavy atom. The van der Waals surface area contributed by atoms with Crippen LogP contribution >= 0.6 is 0 Å². The molecule has 30 heavy (non-hydrogen) atoms. The first-order chi connectivity index (χ1) is 14.6. The van der Waals surface area contributed by atoms with Gasteiger partial charge in [-0.3, -0.25) is 9.59 Å². The summed E-state index contributed by atoms with van der Waals surface area (Å²) in [6.45, 7) is 4.55. The van der Waals surface area contributed by atoms with Gasteiger partial charge in [0, 0.05) is 26.2 Å². The van der Waals surface area contributed by atoms with Gasteiger partial charge in [-0.15, -0.1) is 0 Å². The third kappa shape index (κ3) is 5.65. The van der Waals surface area contributed by atoms with E-state index >= 15 is 0 Å². The lowest BCUT2D eigenvalue weighted by Crippen LogP contribution is -2.52. The molecule has 2 amide bonds. The molecule has 0 bridgehead atoms. The second-order valence-corrected chi connectivity index (χ2v) is 6.95. The molecule has 1 heterocycles. The summed E-state index contributed by atoms with van der Waals surface area (Å²) in [4.78, 5) is 28.6. The number of carbonyl (C=O) groups is 2. The molecule has 1 fully saturated rings. The van der Waals surface area contributed by atoms with Crippen LogP contribution in [0.5, 0.6) is 17.2 Å². The van der Waals surface area contributed by atoms with Crippen LogP contribution in [-0.4, -0.2) is 68.1 Å². The third-order valence-electron chi connectivity index (χ3n) is 5.00. The minimum absolute atomic E-state index is 0.0551. The summed E-state index contributed by atoms with van der Waals surface area (Å²) in [5, 5.41) is 0. The molecule has 1 aliphatic heterocycles.